The lowest BCUT2D eigenvalue weighted by atomic mass is 10.1. The van der Waals surface area contributed by atoms with E-state index in [1.807, 2.05) is 30.3 Å². The highest BCUT2D eigenvalue weighted by atomic mass is 35.5. The minimum absolute atomic E-state index is 0.224. The van der Waals surface area contributed by atoms with Crippen LogP contribution in [0.3, 0.4) is 0 Å². The van der Waals surface area contributed by atoms with E-state index in [-0.39, 0.29) is 11.5 Å². The summed E-state index contributed by atoms with van der Waals surface area (Å²) in [7, 11) is 0. The van der Waals surface area contributed by atoms with Crippen LogP contribution in [0.1, 0.15) is 25.9 Å². The maximum atomic E-state index is 11.5. The Kier molecular flexibility index (Phi) is 5.13. The minimum Gasteiger partial charge on any atom is -0.486 e. The van der Waals surface area contributed by atoms with Crippen LogP contribution in [0.2, 0.25) is 5.02 Å². The van der Waals surface area contributed by atoms with Crippen LogP contribution in [0.15, 0.2) is 54.6 Å². The molecular formula is C18H14ClNO3S. The Hall–Kier alpha value is -2.37. The van der Waals surface area contributed by atoms with E-state index in [1.165, 1.54) is 0 Å². The standard InChI is InChI=1S/C18H14ClNO3S/c19-13-6-8-14(9-7-13)23-11-16-20-15(17(24-16)18(21)22)10-12-4-2-1-3-5-12/h1-9H,10-11H2,(H,21,22). The average Bonchev–Trinajstić information content (AvgIpc) is 2.98. The highest BCUT2D eigenvalue weighted by Gasteiger charge is 2.18. The second-order valence-electron chi connectivity index (χ2n) is 5.09. The number of halogens is 1. The minimum atomic E-state index is -0.962. The summed E-state index contributed by atoms with van der Waals surface area (Å²) < 4.78 is 5.64. The number of nitrogens with zero attached hydrogens (tertiary/aromatic N) is 1. The largest absolute Gasteiger partial charge is 0.486 e. The van der Waals surface area contributed by atoms with Crippen molar-refractivity contribution in [1.82, 2.24) is 4.98 Å². The molecule has 1 aromatic heterocycles. The molecule has 2 aromatic carbocycles. The number of benzene rings is 2. The van der Waals surface area contributed by atoms with Crippen molar-refractivity contribution in [2.75, 3.05) is 0 Å². The topological polar surface area (TPSA) is 59.4 Å². The Bertz CT molecular complexity index is 831. The first kappa shape index (κ1) is 16.5. The summed E-state index contributed by atoms with van der Waals surface area (Å²) >= 11 is 6.98. The van der Waals surface area contributed by atoms with E-state index in [0.717, 1.165) is 16.9 Å². The van der Waals surface area contributed by atoms with Crippen molar-refractivity contribution in [3.8, 4) is 5.75 Å². The molecule has 0 aliphatic carbocycles. The summed E-state index contributed by atoms with van der Waals surface area (Å²) in [5.41, 5.74) is 1.59. The zero-order valence-corrected chi connectivity index (χ0v) is 14.2. The van der Waals surface area contributed by atoms with Gasteiger partial charge < -0.3 is 9.84 Å². The SMILES string of the molecule is O=C(O)c1sc(COc2ccc(Cl)cc2)nc1Cc1ccccc1. The second-order valence-corrected chi connectivity index (χ2v) is 6.61. The second kappa shape index (κ2) is 7.47. The molecule has 1 heterocycles. The summed E-state index contributed by atoms with van der Waals surface area (Å²) in [6, 6.07) is 16.7. The molecule has 0 saturated carbocycles. The molecule has 0 saturated heterocycles. The van der Waals surface area contributed by atoms with Crippen LogP contribution in [0.5, 0.6) is 5.75 Å². The van der Waals surface area contributed by atoms with Crippen molar-refractivity contribution in [3.05, 3.63) is 80.8 Å². The molecule has 1 N–H and O–H groups in total. The molecule has 0 radical (unpaired) electrons. The fourth-order valence-corrected chi connectivity index (χ4v) is 3.17. The van der Waals surface area contributed by atoms with E-state index in [1.54, 1.807) is 24.3 Å². The van der Waals surface area contributed by atoms with Gasteiger partial charge in [-0.15, -0.1) is 11.3 Å². The van der Waals surface area contributed by atoms with Crippen LogP contribution >= 0.6 is 22.9 Å². The fourth-order valence-electron chi connectivity index (χ4n) is 2.21. The fraction of sp³-hybridized carbons (Fsp3) is 0.111. The predicted octanol–water partition coefficient (Wildman–Crippen LogP) is 4.66. The van der Waals surface area contributed by atoms with Gasteiger partial charge in [0.15, 0.2) is 0 Å². The van der Waals surface area contributed by atoms with E-state index < -0.39 is 5.97 Å². The van der Waals surface area contributed by atoms with Crippen LogP contribution in [0, 0.1) is 0 Å². The molecule has 6 heteroatoms. The third-order valence-corrected chi connectivity index (χ3v) is 4.64. The molecule has 0 amide bonds. The van der Waals surface area contributed by atoms with Crippen molar-refractivity contribution in [1.29, 1.82) is 0 Å². The summed E-state index contributed by atoms with van der Waals surface area (Å²) in [6.07, 6.45) is 0.486. The predicted molar refractivity (Wildman–Crippen MR) is 94.1 cm³/mol. The quantitative estimate of drug-likeness (QED) is 0.695. The molecule has 0 spiro atoms. The summed E-state index contributed by atoms with van der Waals surface area (Å²) in [6.45, 7) is 0.224. The van der Waals surface area contributed by atoms with Gasteiger partial charge in [0.1, 0.15) is 22.2 Å². The number of carboxylic acid groups (broad SMARTS) is 1. The first-order chi connectivity index (χ1) is 11.6. The van der Waals surface area contributed by atoms with Crippen molar-refractivity contribution in [3.63, 3.8) is 0 Å². The van der Waals surface area contributed by atoms with Gasteiger partial charge in [0.25, 0.3) is 0 Å². The third-order valence-electron chi connectivity index (χ3n) is 3.33. The Labute approximate surface area is 148 Å². The van der Waals surface area contributed by atoms with Gasteiger partial charge in [-0.2, -0.15) is 0 Å². The molecule has 122 valence electrons. The summed E-state index contributed by atoms with van der Waals surface area (Å²) in [5, 5.41) is 10.7. The lowest BCUT2D eigenvalue weighted by Crippen LogP contribution is -2.00. The van der Waals surface area contributed by atoms with E-state index >= 15 is 0 Å². The van der Waals surface area contributed by atoms with E-state index in [0.29, 0.717) is 27.9 Å². The molecule has 0 bridgehead atoms. The van der Waals surface area contributed by atoms with E-state index in [2.05, 4.69) is 4.98 Å². The maximum absolute atomic E-state index is 11.5. The number of carbonyl (C=O) groups is 1. The van der Waals surface area contributed by atoms with Gasteiger partial charge >= 0.3 is 5.97 Å². The van der Waals surface area contributed by atoms with Gasteiger partial charge in [-0.25, -0.2) is 9.78 Å². The van der Waals surface area contributed by atoms with Crippen molar-refractivity contribution < 1.29 is 14.6 Å². The monoisotopic (exact) mass is 359 g/mol. The van der Waals surface area contributed by atoms with Crippen LogP contribution < -0.4 is 4.74 Å². The van der Waals surface area contributed by atoms with Gasteiger partial charge in [-0.05, 0) is 29.8 Å². The molecule has 3 aromatic rings. The van der Waals surface area contributed by atoms with Crippen molar-refractivity contribution in [2.45, 2.75) is 13.0 Å². The third kappa shape index (κ3) is 4.13. The molecule has 0 atom stereocenters. The van der Waals surface area contributed by atoms with Gasteiger partial charge in [0.2, 0.25) is 0 Å². The number of ether oxygens (including phenoxy) is 1. The number of thiazole rings is 1. The Morgan fingerprint density at radius 3 is 2.50 bits per heavy atom. The molecular weight excluding hydrogens is 346 g/mol. The normalized spacial score (nSPS) is 10.5. The smallest absolute Gasteiger partial charge is 0.347 e. The molecule has 24 heavy (non-hydrogen) atoms. The number of hydrogen-bond donors (Lipinski definition) is 1. The van der Waals surface area contributed by atoms with Gasteiger partial charge in [0.05, 0.1) is 5.69 Å². The lowest BCUT2D eigenvalue weighted by molar-refractivity contribution is 0.0701. The average molecular weight is 360 g/mol. The molecule has 3 rings (SSSR count). The summed E-state index contributed by atoms with van der Waals surface area (Å²) in [5.74, 6) is -0.299. The molecule has 0 aliphatic heterocycles. The number of aromatic carboxylic acids is 1. The maximum Gasteiger partial charge on any atom is 0.347 e. The van der Waals surface area contributed by atoms with Crippen molar-refractivity contribution in [2.24, 2.45) is 0 Å². The number of aromatic nitrogens is 1. The van der Waals surface area contributed by atoms with Gasteiger partial charge in [-0.1, -0.05) is 41.9 Å². The highest BCUT2D eigenvalue weighted by Crippen LogP contribution is 2.23. The zero-order valence-electron chi connectivity index (χ0n) is 12.6. The number of rotatable bonds is 6. The summed E-state index contributed by atoms with van der Waals surface area (Å²) in [4.78, 5) is 16.2. The van der Waals surface area contributed by atoms with Crippen LogP contribution in [0.25, 0.3) is 0 Å². The van der Waals surface area contributed by atoms with Crippen LogP contribution in [0.4, 0.5) is 0 Å². The van der Waals surface area contributed by atoms with Crippen LogP contribution in [-0.4, -0.2) is 16.1 Å². The first-order valence-corrected chi connectivity index (χ1v) is 8.45. The van der Waals surface area contributed by atoms with Gasteiger partial charge in [-0.3, -0.25) is 0 Å². The van der Waals surface area contributed by atoms with Crippen molar-refractivity contribution >= 4 is 28.9 Å². The van der Waals surface area contributed by atoms with Gasteiger partial charge in [0, 0.05) is 11.4 Å². The van der Waals surface area contributed by atoms with Crippen LogP contribution in [-0.2, 0) is 13.0 Å². The zero-order chi connectivity index (χ0) is 16.9. The molecule has 0 unspecified atom stereocenters. The van der Waals surface area contributed by atoms with E-state index in [4.69, 9.17) is 16.3 Å². The Balaban J connectivity index is 1.75. The molecule has 0 fully saturated rings. The Morgan fingerprint density at radius 2 is 1.83 bits per heavy atom. The molecule has 4 nitrogen and oxygen atoms in total. The first-order valence-electron chi connectivity index (χ1n) is 7.26. The van der Waals surface area contributed by atoms with E-state index in [9.17, 15) is 9.90 Å². The highest BCUT2D eigenvalue weighted by molar-refractivity contribution is 7.13. The number of carboxylic acids is 1. The Morgan fingerprint density at radius 1 is 1.12 bits per heavy atom. The lowest BCUT2D eigenvalue weighted by Gasteiger charge is -2.03. The molecule has 0 aliphatic rings. The number of hydrogen-bond acceptors (Lipinski definition) is 4.